The number of carbonyl (C=O) groups is 1. The highest BCUT2D eigenvalue weighted by atomic mass is 16.5. The third-order valence-corrected chi connectivity index (χ3v) is 14.5. The molecule has 0 heterocycles. The maximum Gasteiger partial charge on any atom is 0.302 e. The molecule has 5 aliphatic carbocycles. The average molecular weight is 517 g/mol. The lowest BCUT2D eigenvalue weighted by molar-refractivity contribution is -0.181. The first kappa shape index (κ1) is 27.9. The second kappa shape index (κ2) is 8.69. The van der Waals surface area contributed by atoms with Crippen LogP contribution in [0.4, 0.5) is 0 Å². The van der Waals surface area contributed by atoms with E-state index >= 15 is 0 Å². The smallest absolute Gasteiger partial charge is 0.302 e. The predicted molar refractivity (Wildman–Crippen MR) is 148 cm³/mol. The molecule has 0 radical (unpaired) electrons. The minimum atomic E-state index is -0.954. The van der Waals surface area contributed by atoms with Crippen LogP contribution in [-0.2, 0) is 9.53 Å². The van der Waals surface area contributed by atoms with Crippen LogP contribution in [0.1, 0.15) is 126 Å². The molecule has 4 nitrogen and oxygen atoms in total. The summed E-state index contributed by atoms with van der Waals surface area (Å²) in [5, 5.41) is 20.9. The van der Waals surface area contributed by atoms with E-state index in [-0.39, 0.29) is 30.0 Å². The van der Waals surface area contributed by atoms with Gasteiger partial charge in [-0.25, -0.2) is 0 Å². The van der Waals surface area contributed by atoms with E-state index in [1.54, 1.807) is 6.92 Å². The normalized spacial score (nSPS) is 48.2. The Kier molecular flexibility index (Phi) is 6.56. The summed E-state index contributed by atoms with van der Waals surface area (Å²) in [6.07, 6.45) is 13.5. The van der Waals surface area contributed by atoms with Crippen molar-refractivity contribution in [2.24, 2.45) is 56.7 Å². The van der Waals surface area contributed by atoms with Gasteiger partial charge in [0.05, 0.1) is 12.2 Å². The number of aliphatic hydroxyl groups is 2. The number of fused-ring (bicyclic) bond motifs is 2. The Morgan fingerprint density at radius 2 is 1.57 bits per heavy atom. The second-order valence-corrected chi connectivity index (χ2v) is 16.0. The highest BCUT2D eigenvalue weighted by Crippen LogP contribution is 2.89. The van der Waals surface area contributed by atoms with Crippen molar-refractivity contribution in [2.75, 3.05) is 6.61 Å². The molecular weight excluding hydrogens is 460 g/mol. The molecular formula is C33H56O4. The van der Waals surface area contributed by atoms with E-state index in [0.717, 1.165) is 18.8 Å². The summed E-state index contributed by atoms with van der Waals surface area (Å²) in [7, 11) is 0. The van der Waals surface area contributed by atoms with Crippen molar-refractivity contribution in [2.45, 2.75) is 138 Å². The fourth-order valence-electron chi connectivity index (χ4n) is 11.9. The van der Waals surface area contributed by atoms with Gasteiger partial charge in [0.1, 0.15) is 6.10 Å². The highest BCUT2D eigenvalue weighted by molar-refractivity contribution is 5.66. The molecule has 5 saturated carbocycles. The van der Waals surface area contributed by atoms with Crippen molar-refractivity contribution in [3.05, 3.63) is 0 Å². The lowest BCUT2D eigenvalue weighted by Gasteiger charge is -2.63. The molecule has 0 amide bonds. The second-order valence-electron chi connectivity index (χ2n) is 16.0. The van der Waals surface area contributed by atoms with Gasteiger partial charge in [0, 0.05) is 12.3 Å². The topological polar surface area (TPSA) is 66.8 Å². The van der Waals surface area contributed by atoms with Crippen LogP contribution in [0.5, 0.6) is 0 Å². The minimum Gasteiger partial charge on any atom is -0.462 e. The molecule has 3 unspecified atom stereocenters. The summed E-state index contributed by atoms with van der Waals surface area (Å²) < 4.78 is 5.90. The van der Waals surface area contributed by atoms with Crippen LogP contribution in [0.25, 0.3) is 0 Å². The molecule has 10 atom stereocenters. The van der Waals surface area contributed by atoms with Gasteiger partial charge in [0.2, 0.25) is 0 Å². The zero-order valence-electron chi connectivity index (χ0n) is 25.2. The number of hydrogen-bond donors (Lipinski definition) is 2. The van der Waals surface area contributed by atoms with Gasteiger partial charge < -0.3 is 14.9 Å². The maximum atomic E-state index is 11.9. The van der Waals surface area contributed by atoms with Crippen LogP contribution < -0.4 is 0 Å². The molecule has 2 spiro atoms. The van der Waals surface area contributed by atoms with E-state index < -0.39 is 5.60 Å². The lowest BCUT2D eigenvalue weighted by Crippen LogP contribution is -2.58. The van der Waals surface area contributed by atoms with Crippen LogP contribution in [-0.4, -0.2) is 34.5 Å². The van der Waals surface area contributed by atoms with E-state index in [2.05, 4.69) is 34.6 Å². The first-order chi connectivity index (χ1) is 17.1. The molecule has 5 rings (SSSR count). The molecule has 4 heteroatoms. The van der Waals surface area contributed by atoms with Crippen LogP contribution >= 0.6 is 0 Å². The molecule has 0 aromatic rings. The standard InChI is InChI=1S/C33H56O4/c1-21(2)33(36,20-34)16-11-22(3)24-12-14-30(8)26-10-9-25-28(5,6)27(37-23(4)35)13-15-31(25)19-32(26,31)18-17-29(24,30)7/h21-22,24-27,34,36H,9-20H2,1-8H3/t22-,24-,25?,26?,27+,29-,30+,31-,32+,33?/m1/s1. The van der Waals surface area contributed by atoms with E-state index in [9.17, 15) is 15.0 Å². The van der Waals surface area contributed by atoms with E-state index in [1.807, 2.05) is 13.8 Å². The van der Waals surface area contributed by atoms with Gasteiger partial charge >= 0.3 is 5.97 Å². The monoisotopic (exact) mass is 516 g/mol. The number of ether oxygens (including phenoxy) is 1. The van der Waals surface area contributed by atoms with Gasteiger partial charge in [-0.1, -0.05) is 48.5 Å². The Morgan fingerprint density at radius 3 is 2.19 bits per heavy atom. The van der Waals surface area contributed by atoms with Crippen molar-refractivity contribution in [3.8, 4) is 0 Å². The molecule has 2 N–H and O–H groups in total. The highest BCUT2D eigenvalue weighted by Gasteiger charge is 2.82. The molecule has 0 bridgehead atoms. The van der Waals surface area contributed by atoms with Crippen LogP contribution in [0.2, 0.25) is 0 Å². The number of carbonyl (C=O) groups excluding carboxylic acids is 1. The third-order valence-electron chi connectivity index (χ3n) is 14.5. The van der Waals surface area contributed by atoms with Gasteiger partial charge in [0.15, 0.2) is 0 Å². The van der Waals surface area contributed by atoms with E-state index in [0.29, 0.717) is 45.8 Å². The van der Waals surface area contributed by atoms with Crippen molar-refractivity contribution in [3.63, 3.8) is 0 Å². The Labute approximate surface area is 226 Å². The van der Waals surface area contributed by atoms with Crippen molar-refractivity contribution >= 4 is 5.97 Å². The molecule has 0 aliphatic heterocycles. The summed E-state index contributed by atoms with van der Waals surface area (Å²) in [5.74, 6) is 2.72. The predicted octanol–water partition coefficient (Wildman–Crippen LogP) is 7.15. The number of aliphatic hydroxyl groups excluding tert-OH is 1. The van der Waals surface area contributed by atoms with E-state index in [1.165, 1.54) is 51.4 Å². The molecule has 5 fully saturated rings. The number of rotatable bonds is 7. The number of esters is 1. The summed E-state index contributed by atoms with van der Waals surface area (Å²) in [5.41, 5.74) is 0.838. The molecule has 0 aromatic carbocycles. The summed E-state index contributed by atoms with van der Waals surface area (Å²) in [6.45, 7) is 18.0. The van der Waals surface area contributed by atoms with Crippen LogP contribution in [0.3, 0.4) is 0 Å². The molecule has 212 valence electrons. The molecule has 37 heavy (non-hydrogen) atoms. The molecule has 0 saturated heterocycles. The fourth-order valence-corrected chi connectivity index (χ4v) is 11.9. The molecule has 5 aliphatic rings. The van der Waals surface area contributed by atoms with Gasteiger partial charge in [-0.2, -0.15) is 0 Å². The molecule has 0 aromatic heterocycles. The van der Waals surface area contributed by atoms with Gasteiger partial charge in [-0.05, 0) is 122 Å². The van der Waals surface area contributed by atoms with E-state index in [4.69, 9.17) is 4.74 Å². The van der Waals surface area contributed by atoms with Gasteiger partial charge in [-0.15, -0.1) is 0 Å². The van der Waals surface area contributed by atoms with Crippen LogP contribution in [0, 0.1) is 56.7 Å². The zero-order chi connectivity index (χ0) is 27.2. The number of hydrogen-bond acceptors (Lipinski definition) is 4. The largest absolute Gasteiger partial charge is 0.462 e. The third kappa shape index (κ3) is 3.62. The van der Waals surface area contributed by atoms with Crippen LogP contribution in [0.15, 0.2) is 0 Å². The maximum absolute atomic E-state index is 11.9. The average Bonchev–Trinajstić information content (AvgIpc) is 3.41. The summed E-state index contributed by atoms with van der Waals surface area (Å²) in [4.78, 5) is 11.9. The first-order valence-electron chi connectivity index (χ1n) is 15.6. The lowest BCUT2D eigenvalue weighted by atomic mass is 9.41. The minimum absolute atomic E-state index is 0.0622. The van der Waals surface area contributed by atoms with Gasteiger partial charge in [-0.3, -0.25) is 4.79 Å². The first-order valence-corrected chi connectivity index (χ1v) is 15.6. The van der Waals surface area contributed by atoms with Crippen molar-refractivity contribution in [1.29, 1.82) is 0 Å². The fraction of sp³-hybridized carbons (Fsp3) is 0.970. The Balaban J connectivity index is 1.36. The van der Waals surface area contributed by atoms with Crippen molar-refractivity contribution < 1.29 is 19.7 Å². The Bertz CT molecular complexity index is 912. The quantitative estimate of drug-likeness (QED) is 0.353. The van der Waals surface area contributed by atoms with Crippen molar-refractivity contribution in [1.82, 2.24) is 0 Å². The summed E-state index contributed by atoms with van der Waals surface area (Å²) in [6, 6.07) is 0. The SMILES string of the molecule is CC(=O)O[C@H]1CC[C@]23C[C@]24CC[C@]2(C)[C@@H]([C@H](C)CCC(O)(CO)C(C)C)CC[C@@]2(C)C4CCC3C1(C)C. The van der Waals surface area contributed by atoms with Gasteiger partial charge in [0.25, 0.3) is 0 Å². The zero-order valence-corrected chi connectivity index (χ0v) is 25.2. The Hall–Kier alpha value is -0.610. The summed E-state index contributed by atoms with van der Waals surface area (Å²) >= 11 is 0. The Morgan fingerprint density at radius 1 is 0.919 bits per heavy atom.